The van der Waals surface area contributed by atoms with E-state index < -0.39 is 5.91 Å². The second-order valence-electron chi connectivity index (χ2n) is 6.19. The highest BCUT2D eigenvalue weighted by Gasteiger charge is 2.16. The Morgan fingerprint density at radius 1 is 1.08 bits per heavy atom. The highest BCUT2D eigenvalue weighted by atomic mass is 16.5. The molecule has 2 aromatic carbocycles. The van der Waals surface area contributed by atoms with Crippen molar-refractivity contribution < 1.29 is 14.3 Å². The quantitative estimate of drug-likeness (QED) is 0.730. The molecule has 0 saturated heterocycles. The number of amides is 1. The molecule has 0 unspecified atom stereocenters. The monoisotopic (exact) mass is 356 g/mol. The van der Waals surface area contributed by atoms with Gasteiger partial charge in [0.15, 0.2) is 0 Å². The van der Waals surface area contributed by atoms with Crippen LogP contribution >= 0.6 is 0 Å². The zero-order valence-corrected chi connectivity index (χ0v) is 15.9. The van der Waals surface area contributed by atoms with Crippen molar-refractivity contribution in [1.29, 1.82) is 0 Å². The summed E-state index contributed by atoms with van der Waals surface area (Å²) in [7, 11) is 3.26. The lowest BCUT2D eigenvalue weighted by atomic mass is 9.96. The number of nitrogens with two attached hydrogens (primary N) is 1. The molecule has 0 fully saturated rings. The molecule has 140 valence electrons. The second kappa shape index (κ2) is 9.63. The Bertz CT molecular complexity index is 743. The van der Waals surface area contributed by atoms with E-state index in [-0.39, 0.29) is 12.1 Å². The summed E-state index contributed by atoms with van der Waals surface area (Å²) < 4.78 is 11.0. The van der Waals surface area contributed by atoms with Crippen LogP contribution in [0.4, 0.5) is 0 Å². The SMILES string of the molecule is COc1cc(C=C(Cc2ccccc2)C(N)=O)cc(OC)c1C(C)C.N. The average molecular weight is 356 g/mol. The molecule has 2 rings (SSSR count). The van der Waals surface area contributed by atoms with Crippen LogP contribution in [0.2, 0.25) is 0 Å². The van der Waals surface area contributed by atoms with Gasteiger partial charge in [-0.05, 0) is 35.3 Å². The van der Waals surface area contributed by atoms with Gasteiger partial charge >= 0.3 is 0 Å². The maximum absolute atomic E-state index is 11.9. The minimum absolute atomic E-state index is 0. The first-order chi connectivity index (χ1) is 12.0. The molecule has 0 bridgehead atoms. The highest BCUT2D eigenvalue weighted by molar-refractivity contribution is 5.97. The number of benzene rings is 2. The largest absolute Gasteiger partial charge is 0.496 e. The molecule has 0 heterocycles. The first-order valence-corrected chi connectivity index (χ1v) is 8.26. The molecule has 0 atom stereocenters. The van der Waals surface area contributed by atoms with Gasteiger partial charge in [0.25, 0.3) is 0 Å². The molecule has 0 aliphatic rings. The van der Waals surface area contributed by atoms with Crippen molar-refractivity contribution >= 4 is 12.0 Å². The van der Waals surface area contributed by atoms with Gasteiger partial charge in [0.2, 0.25) is 5.91 Å². The van der Waals surface area contributed by atoms with Gasteiger partial charge in [-0.2, -0.15) is 0 Å². The van der Waals surface area contributed by atoms with Gasteiger partial charge in [-0.25, -0.2) is 0 Å². The van der Waals surface area contributed by atoms with Gasteiger partial charge in [-0.15, -0.1) is 0 Å². The standard InChI is InChI=1S/C21H25NO3.H3N/c1-14(2)20-18(24-3)12-16(13-19(20)25-4)11-17(21(22)23)10-15-8-6-5-7-9-15;/h5-9,11-14H,10H2,1-4H3,(H2,22,23);1H3. The van der Waals surface area contributed by atoms with Crippen molar-refractivity contribution in [2.24, 2.45) is 5.73 Å². The second-order valence-corrected chi connectivity index (χ2v) is 6.19. The Kier molecular flexibility index (Phi) is 7.87. The van der Waals surface area contributed by atoms with Gasteiger partial charge in [-0.1, -0.05) is 44.2 Å². The molecule has 5 heteroatoms. The first-order valence-electron chi connectivity index (χ1n) is 8.26. The van der Waals surface area contributed by atoms with Gasteiger partial charge in [0.1, 0.15) is 11.5 Å². The lowest BCUT2D eigenvalue weighted by Gasteiger charge is -2.17. The Hall–Kier alpha value is -2.79. The summed E-state index contributed by atoms with van der Waals surface area (Å²) in [5, 5.41) is 0. The molecule has 5 N–H and O–H groups in total. The maximum Gasteiger partial charge on any atom is 0.244 e. The summed E-state index contributed by atoms with van der Waals surface area (Å²) in [5.41, 5.74) is 8.98. The van der Waals surface area contributed by atoms with E-state index in [1.165, 1.54) is 0 Å². The molecule has 0 aromatic heterocycles. The minimum Gasteiger partial charge on any atom is -0.496 e. The number of rotatable bonds is 7. The summed E-state index contributed by atoms with van der Waals surface area (Å²) in [6.45, 7) is 4.17. The van der Waals surface area contributed by atoms with Crippen molar-refractivity contribution in [3.05, 3.63) is 64.7 Å². The van der Waals surface area contributed by atoms with Crippen LogP contribution in [0.1, 0.15) is 36.5 Å². The minimum atomic E-state index is -0.435. The summed E-state index contributed by atoms with van der Waals surface area (Å²) in [6, 6.07) is 13.6. The predicted octanol–water partition coefficient (Wildman–Crippen LogP) is 4.10. The van der Waals surface area contributed by atoms with Crippen LogP contribution in [0, 0.1) is 0 Å². The molecule has 0 aliphatic carbocycles. The number of carbonyl (C=O) groups excluding carboxylic acids is 1. The number of methoxy groups -OCH3 is 2. The smallest absolute Gasteiger partial charge is 0.244 e. The van der Waals surface area contributed by atoms with Crippen molar-refractivity contribution in [1.82, 2.24) is 6.15 Å². The van der Waals surface area contributed by atoms with Crippen molar-refractivity contribution in [3.8, 4) is 11.5 Å². The third kappa shape index (κ3) is 5.10. The van der Waals surface area contributed by atoms with E-state index >= 15 is 0 Å². The summed E-state index contributed by atoms with van der Waals surface area (Å²) >= 11 is 0. The summed E-state index contributed by atoms with van der Waals surface area (Å²) in [4.78, 5) is 11.9. The third-order valence-corrected chi connectivity index (χ3v) is 4.04. The van der Waals surface area contributed by atoms with Crippen LogP contribution in [0.5, 0.6) is 11.5 Å². The normalized spacial score (nSPS) is 11.0. The van der Waals surface area contributed by atoms with E-state index in [0.717, 1.165) is 28.2 Å². The molecule has 26 heavy (non-hydrogen) atoms. The Labute approximate surface area is 155 Å². The van der Waals surface area contributed by atoms with Crippen molar-refractivity contribution in [2.45, 2.75) is 26.2 Å². The molecule has 5 nitrogen and oxygen atoms in total. The highest BCUT2D eigenvalue weighted by Crippen LogP contribution is 2.37. The number of ether oxygens (including phenoxy) is 2. The summed E-state index contributed by atoms with van der Waals surface area (Å²) in [6.07, 6.45) is 2.28. The molecule has 1 amide bonds. The van der Waals surface area contributed by atoms with Gasteiger partial charge in [0, 0.05) is 17.6 Å². The molecular formula is C21H28N2O3. The topological polar surface area (TPSA) is 96.5 Å². The molecule has 0 radical (unpaired) electrons. The van der Waals surface area contributed by atoms with Crippen LogP contribution in [-0.2, 0) is 11.2 Å². The first kappa shape index (κ1) is 21.3. The van der Waals surface area contributed by atoms with Gasteiger partial charge < -0.3 is 21.4 Å². The third-order valence-electron chi connectivity index (χ3n) is 4.04. The van der Waals surface area contributed by atoms with E-state index in [1.807, 2.05) is 42.5 Å². The molecule has 0 aliphatic heterocycles. The van der Waals surface area contributed by atoms with E-state index in [9.17, 15) is 4.79 Å². The van der Waals surface area contributed by atoms with Gasteiger partial charge in [0.05, 0.1) is 14.2 Å². The fourth-order valence-corrected chi connectivity index (χ4v) is 2.84. The molecule has 0 saturated carbocycles. The number of hydrogen-bond acceptors (Lipinski definition) is 4. The number of primary amides is 1. The van der Waals surface area contributed by atoms with Gasteiger partial charge in [-0.3, -0.25) is 4.79 Å². The molecule has 2 aromatic rings. The molecule has 0 spiro atoms. The summed E-state index contributed by atoms with van der Waals surface area (Å²) in [5.74, 6) is 1.30. The Morgan fingerprint density at radius 2 is 1.62 bits per heavy atom. The van der Waals surface area contributed by atoms with E-state index in [1.54, 1.807) is 20.3 Å². The van der Waals surface area contributed by atoms with E-state index in [2.05, 4.69) is 13.8 Å². The maximum atomic E-state index is 11.9. The van der Waals surface area contributed by atoms with Crippen LogP contribution in [-0.4, -0.2) is 20.1 Å². The zero-order chi connectivity index (χ0) is 18.4. The number of carbonyl (C=O) groups is 1. The zero-order valence-electron chi connectivity index (χ0n) is 15.9. The fourth-order valence-electron chi connectivity index (χ4n) is 2.84. The fraction of sp³-hybridized carbons (Fsp3) is 0.286. The predicted molar refractivity (Wildman–Crippen MR) is 106 cm³/mol. The van der Waals surface area contributed by atoms with Crippen LogP contribution < -0.4 is 21.4 Å². The molecular weight excluding hydrogens is 328 g/mol. The average Bonchev–Trinajstić information content (AvgIpc) is 2.60. The van der Waals surface area contributed by atoms with Crippen LogP contribution in [0.15, 0.2) is 48.0 Å². The van der Waals surface area contributed by atoms with Crippen molar-refractivity contribution in [3.63, 3.8) is 0 Å². The van der Waals surface area contributed by atoms with Crippen LogP contribution in [0.25, 0.3) is 6.08 Å². The van der Waals surface area contributed by atoms with Crippen molar-refractivity contribution in [2.75, 3.05) is 14.2 Å². The number of hydrogen-bond donors (Lipinski definition) is 2. The van der Waals surface area contributed by atoms with E-state index in [4.69, 9.17) is 15.2 Å². The lowest BCUT2D eigenvalue weighted by molar-refractivity contribution is -0.114. The van der Waals surface area contributed by atoms with E-state index in [0.29, 0.717) is 12.0 Å². The lowest BCUT2D eigenvalue weighted by Crippen LogP contribution is -2.15. The van der Waals surface area contributed by atoms with Crippen LogP contribution in [0.3, 0.4) is 0 Å². The Morgan fingerprint density at radius 3 is 2.04 bits per heavy atom. The Balaban J connectivity index is 0.00000338.